The summed E-state index contributed by atoms with van der Waals surface area (Å²) in [6.45, 7) is 1.30. The van der Waals surface area contributed by atoms with E-state index in [0.717, 1.165) is 18.5 Å². The number of anilines is 1. The lowest BCUT2D eigenvalue weighted by molar-refractivity contribution is -0.142. The molecule has 142 valence electrons. The van der Waals surface area contributed by atoms with Gasteiger partial charge in [0, 0.05) is 38.8 Å². The number of hydrogen-bond acceptors (Lipinski definition) is 3. The average Bonchev–Trinajstić information content (AvgIpc) is 2.69. The Bertz CT molecular complexity index is 615. The topological polar surface area (TPSA) is 52.7 Å². The molecule has 2 amide bonds. The summed E-state index contributed by atoms with van der Waals surface area (Å²) in [5.74, 6) is 0.587. The number of hydrogen-bond donors (Lipinski definition) is 1. The van der Waals surface area contributed by atoms with E-state index < -0.39 is 5.54 Å². The Morgan fingerprint density at radius 2 is 1.65 bits per heavy atom. The maximum atomic E-state index is 13.0. The number of para-hydroxylation sites is 1. The van der Waals surface area contributed by atoms with Crippen molar-refractivity contribution in [2.75, 3.05) is 32.5 Å². The van der Waals surface area contributed by atoms with Crippen molar-refractivity contribution in [3.63, 3.8) is 0 Å². The first-order valence-electron chi connectivity index (χ1n) is 9.86. The highest BCUT2D eigenvalue weighted by Gasteiger charge is 2.43. The molecule has 1 heterocycles. The van der Waals surface area contributed by atoms with Crippen molar-refractivity contribution in [1.29, 1.82) is 0 Å². The van der Waals surface area contributed by atoms with Crippen LogP contribution in [0.1, 0.15) is 44.9 Å². The molecule has 1 saturated heterocycles. The van der Waals surface area contributed by atoms with Gasteiger partial charge in [-0.25, -0.2) is 0 Å². The van der Waals surface area contributed by atoms with E-state index in [9.17, 15) is 9.59 Å². The standard InChI is InChI=1S/C21H31N3O2/c1-23(2)20(26)21(22-18-11-7-4-8-12-18)13-15-24(16-14-21)19(25)17-9-5-3-6-10-17/h4,7-8,11-12,17,22H,3,5-6,9-10,13-16H2,1-2H3. The molecule has 1 aliphatic carbocycles. The van der Waals surface area contributed by atoms with E-state index in [0.29, 0.717) is 31.8 Å². The van der Waals surface area contributed by atoms with Gasteiger partial charge >= 0.3 is 0 Å². The van der Waals surface area contributed by atoms with E-state index >= 15 is 0 Å². The van der Waals surface area contributed by atoms with Gasteiger partial charge in [0.05, 0.1) is 0 Å². The summed E-state index contributed by atoms with van der Waals surface area (Å²) in [6, 6.07) is 9.89. The van der Waals surface area contributed by atoms with Crippen LogP contribution in [0.3, 0.4) is 0 Å². The number of rotatable bonds is 4. The molecule has 3 rings (SSSR count). The number of likely N-dealkylation sites (tertiary alicyclic amines) is 1. The fourth-order valence-corrected chi connectivity index (χ4v) is 4.33. The lowest BCUT2D eigenvalue weighted by Gasteiger charge is -2.43. The molecule has 0 unspecified atom stereocenters. The molecule has 1 aliphatic heterocycles. The molecule has 1 N–H and O–H groups in total. The molecule has 0 bridgehead atoms. The van der Waals surface area contributed by atoms with Gasteiger partial charge in [0.25, 0.3) is 0 Å². The fraction of sp³-hybridized carbons (Fsp3) is 0.619. The van der Waals surface area contributed by atoms with Crippen molar-refractivity contribution < 1.29 is 9.59 Å². The number of piperidine rings is 1. The lowest BCUT2D eigenvalue weighted by atomic mass is 9.83. The number of likely N-dealkylation sites (N-methyl/N-ethyl adjacent to an activating group) is 1. The highest BCUT2D eigenvalue weighted by molar-refractivity contribution is 5.90. The minimum atomic E-state index is -0.631. The molecule has 1 aromatic carbocycles. The zero-order valence-electron chi connectivity index (χ0n) is 16.0. The Kier molecular flexibility index (Phi) is 5.84. The number of carbonyl (C=O) groups is 2. The van der Waals surface area contributed by atoms with Crippen LogP contribution in [0, 0.1) is 5.92 Å². The third-order valence-electron chi connectivity index (χ3n) is 5.86. The van der Waals surface area contributed by atoms with Crippen LogP contribution in [0.25, 0.3) is 0 Å². The third-order valence-corrected chi connectivity index (χ3v) is 5.86. The first-order chi connectivity index (χ1) is 12.5. The summed E-state index contributed by atoms with van der Waals surface area (Å²) in [6.07, 6.45) is 6.95. The molecule has 5 nitrogen and oxygen atoms in total. The molecule has 2 fully saturated rings. The largest absolute Gasteiger partial charge is 0.371 e. The van der Waals surface area contributed by atoms with Crippen molar-refractivity contribution in [1.82, 2.24) is 9.80 Å². The van der Waals surface area contributed by atoms with E-state index in [1.54, 1.807) is 19.0 Å². The van der Waals surface area contributed by atoms with Crippen molar-refractivity contribution in [2.45, 2.75) is 50.5 Å². The first kappa shape index (κ1) is 18.7. The minimum Gasteiger partial charge on any atom is -0.371 e. The second-order valence-electron chi connectivity index (χ2n) is 7.93. The van der Waals surface area contributed by atoms with Crippen LogP contribution in [-0.2, 0) is 9.59 Å². The fourth-order valence-electron chi connectivity index (χ4n) is 4.33. The van der Waals surface area contributed by atoms with Gasteiger partial charge in [-0.15, -0.1) is 0 Å². The predicted octanol–water partition coefficient (Wildman–Crippen LogP) is 3.13. The quantitative estimate of drug-likeness (QED) is 0.901. The van der Waals surface area contributed by atoms with Crippen LogP contribution in [0.2, 0.25) is 0 Å². The predicted molar refractivity (Wildman–Crippen MR) is 104 cm³/mol. The van der Waals surface area contributed by atoms with E-state index in [2.05, 4.69) is 5.32 Å². The van der Waals surface area contributed by atoms with Gasteiger partial charge in [0.1, 0.15) is 5.54 Å². The Labute approximate surface area is 156 Å². The SMILES string of the molecule is CN(C)C(=O)C1(Nc2ccccc2)CCN(C(=O)C2CCCCC2)CC1. The minimum absolute atomic E-state index is 0.0890. The zero-order chi connectivity index (χ0) is 18.6. The smallest absolute Gasteiger partial charge is 0.247 e. The van der Waals surface area contributed by atoms with E-state index in [-0.39, 0.29) is 11.8 Å². The summed E-state index contributed by atoms with van der Waals surface area (Å²) in [4.78, 5) is 29.4. The molecular formula is C21H31N3O2. The number of nitrogens with zero attached hydrogens (tertiary/aromatic N) is 2. The van der Waals surface area contributed by atoms with E-state index in [4.69, 9.17) is 0 Å². The van der Waals surface area contributed by atoms with E-state index in [1.807, 2.05) is 35.2 Å². The van der Waals surface area contributed by atoms with Crippen molar-refractivity contribution in [3.8, 4) is 0 Å². The molecular weight excluding hydrogens is 326 g/mol. The number of nitrogens with one attached hydrogen (secondary N) is 1. The van der Waals surface area contributed by atoms with Crippen LogP contribution in [0.5, 0.6) is 0 Å². The molecule has 0 aromatic heterocycles. The monoisotopic (exact) mass is 357 g/mol. The number of carbonyl (C=O) groups excluding carboxylic acids is 2. The van der Waals surface area contributed by atoms with Crippen LogP contribution in [0.4, 0.5) is 5.69 Å². The number of benzene rings is 1. The molecule has 1 saturated carbocycles. The van der Waals surface area contributed by atoms with Gasteiger partial charge in [-0.1, -0.05) is 37.5 Å². The Morgan fingerprint density at radius 3 is 2.23 bits per heavy atom. The van der Waals surface area contributed by atoms with Crippen molar-refractivity contribution >= 4 is 17.5 Å². The van der Waals surface area contributed by atoms with Gasteiger partial charge < -0.3 is 15.1 Å². The van der Waals surface area contributed by atoms with Gasteiger partial charge in [-0.3, -0.25) is 9.59 Å². The second-order valence-corrected chi connectivity index (χ2v) is 7.93. The van der Waals surface area contributed by atoms with Crippen LogP contribution < -0.4 is 5.32 Å². The molecule has 26 heavy (non-hydrogen) atoms. The van der Waals surface area contributed by atoms with E-state index in [1.165, 1.54) is 19.3 Å². The summed E-state index contributed by atoms with van der Waals surface area (Å²) in [5.41, 5.74) is 0.323. The van der Waals surface area contributed by atoms with Gasteiger partial charge in [-0.2, -0.15) is 0 Å². The number of amides is 2. The Morgan fingerprint density at radius 1 is 1.04 bits per heavy atom. The summed E-state index contributed by atoms with van der Waals surface area (Å²) < 4.78 is 0. The molecule has 2 aliphatic rings. The van der Waals surface area contributed by atoms with Crippen molar-refractivity contribution in [2.24, 2.45) is 5.92 Å². The van der Waals surface area contributed by atoms with Gasteiger partial charge in [-0.05, 0) is 37.8 Å². The van der Waals surface area contributed by atoms with Gasteiger partial charge in [0.15, 0.2) is 0 Å². The molecule has 1 aromatic rings. The maximum Gasteiger partial charge on any atom is 0.247 e. The average molecular weight is 357 g/mol. The molecule has 0 atom stereocenters. The zero-order valence-corrected chi connectivity index (χ0v) is 16.0. The highest BCUT2D eigenvalue weighted by atomic mass is 16.2. The van der Waals surface area contributed by atoms with Gasteiger partial charge in [0.2, 0.25) is 11.8 Å². The lowest BCUT2D eigenvalue weighted by Crippen LogP contribution is -2.59. The van der Waals surface area contributed by atoms with Crippen LogP contribution in [-0.4, -0.2) is 54.3 Å². The third kappa shape index (κ3) is 4.02. The van der Waals surface area contributed by atoms with Crippen LogP contribution in [0.15, 0.2) is 30.3 Å². The summed E-state index contributed by atoms with van der Waals surface area (Å²) in [5, 5.41) is 3.49. The Balaban J connectivity index is 1.70. The Hall–Kier alpha value is -2.04. The first-order valence-corrected chi connectivity index (χ1v) is 9.86. The summed E-state index contributed by atoms with van der Waals surface area (Å²) in [7, 11) is 3.60. The highest BCUT2D eigenvalue weighted by Crippen LogP contribution is 2.31. The van der Waals surface area contributed by atoms with Crippen molar-refractivity contribution in [3.05, 3.63) is 30.3 Å². The normalized spacial score (nSPS) is 20.5. The van der Waals surface area contributed by atoms with Crippen LogP contribution >= 0.6 is 0 Å². The second kappa shape index (κ2) is 8.11. The molecule has 0 spiro atoms. The molecule has 5 heteroatoms. The summed E-state index contributed by atoms with van der Waals surface area (Å²) >= 11 is 0. The molecule has 0 radical (unpaired) electrons. The maximum absolute atomic E-state index is 13.0.